The van der Waals surface area contributed by atoms with E-state index in [1.807, 2.05) is 30.5 Å². The van der Waals surface area contributed by atoms with Gasteiger partial charge in [0, 0.05) is 44.5 Å². The van der Waals surface area contributed by atoms with Crippen LogP contribution in [0.1, 0.15) is 32.1 Å². The molecule has 1 aliphatic rings. The second kappa shape index (κ2) is 7.84. The number of hydrogen-bond donors (Lipinski definition) is 1. The molecule has 2 aromatic rings. The third-order valence-electron chi connectivity index (χ3n) is 4.73. The molecule has 1 aliphatic heterocycles. The van der Waals surface area contributed by atoms with Crippen molar-refractivity contribution in [3.8, 4) is 11.8 Å². The summed E-state index contributed by atoms with van der Waals surface area (Å²) >= 11 is 0. The highest BCUT2D eigenvalue weighted by Crippen LogP contribution is 2.27. The summed E-state index contributed by atoms with van der Waals surface area (Å²) in [5, 5.41) is 8.42. The quantitative estimate of drug-likeness (QED) is 0.866. The number of anilines is 1. The highest BCUT2D eigenvalue weighted by molar-refractivity contribution is 5.51. The maximum absolute atomic E-state index is 6.12. The molecule has 0 bridgehead atoms. The molecule has 2 N–H and O–H groups in total. The maximum atomic E-state index is 6.12. The molecule has 7 heteroatoms. The van der Waals surface area contributed by atoms with Crippen molar-refractivity contribution in [1.82, 2.24) is 19.7 Å². The lowest BCUT2D eigenvalue weighted by atomic mass is 10.2. The number of hydrogen-bond acceptors (Lipinski definition) is 6. The van der Waals surface area contributed by atoms with Crippen LogP contribution in [0.25, 0.3) is 0 Å². The van der Waals surface area contributed by atoms with Gasteiger partial charge < -0.3 is 20.3 Å². The van der Waals surface area contributed by atoms with Crippen molar-refractivity contribution in [3.05, 3.63) is 30.1 Å². The molecule has 25 heavy (non-hydrogen) atoms. The largest absolute Gasteiger partial charge is 0.424 e. The third kappa shape index (κ3) is 3.93. The zero-order valence-electron chi connectivity index (χ0n) is 15.4. The number of nitrogens with two attached hydrogens (primary N) is 1. The van der Waals surface area contributed by atoms with Crippen LogP contribution in [0.5, 0.6) is 11.8 Å². The number of piperazine rings is 1. The van der Waals surface area contributed by atoms with Crippen LogP contribution in [0.3, 0.4) is 0 Å². The van der Waals surface area contributed by atoms with E-state index < -0.39 is 0 Å². The molecule has 2 heterocycles. The lowest BCUT2D eigenvalue weighted by molar-refractivity contribution is 0.312. The summed E-state index contributed by atoms with van der Waals surface area (Å²) < 4.78 is 7.97. The Bertz CT molecular complexity index is 693. The molecule has 1 fully saturated rings. The van der Waals surface area contributed by atoms with Crippen molar-refractivity contribution in [1.29, 1.82) is 0 Å². The van der Waals surface area contributed by atoms with E-state index >= 15 is 0 Å². The molecule has 0 amide bonds. The molecule has 1 unspecified atom stereocenters. The van der Waals surface area contributed by atoms with Crippen molar-refractivity contribution >= 4 is 5.69 Å². The van der Waals surface area contributed by atoms with Gasteiger partial charge in [0.1, 0.15) is 5.75 Å². The monoisotopic (exact) mass is 344 g/mol. The van der Waals surface area contributed by atoms with Gasteiger partial charge in [0.25, 0.3) is 0 Å². The minimum atomic E-state index is -0.124. The average molecular weight is 344 g/mol. The van der Waals surface area contributed by atoms with Crippen LogP contribution in [-0.2, 0) is 6.54 Å². The summed E-state index contributed by atoms with van der Waals surface area (Å²) in [6.07, 6.45) is 0.816. The normalized spacial score (nSPS) is 16.9. The van der Waals surface area contributed by atoms with Crippen molar-refractivity contribution < 1.29 is 4.74 Å². The lowest BCUT2D eigenvalue weighted by Crippen LogP contribution is -2.44. The first kappa shape index (κ1) is 17.7. The fourth-order valence-electron chi connectivity index (χ4n) is 3.04. The topological polar surface area (TPSA) is 72.4 Å². The van der Waals surface area contributed by atoms with Gasteiger partial charge in [-0.1, -0.05) is 18.1 Å². The summed E-state index contributed by atoms with van der Waals surface area (Å²) in [5.41, 5.74) is 7.30. The Labute approximate surface area is 149 Å². The fraction of sp³-hybridized carbons (Fsp3) is 0.556. The first-order valence-corrected chi connectivity index (χ1v) is 9.02. The lowest BCUT2D eigenvalue weighted by Gasteiger charge is -2.34. The molecule has 0 spiro atoms. The molecule has 1 atom stereocenters. The van der Waals surface area contributed by atoms with E-state index in [0.29, 0.717) is 6.01 Å². The van der Waals surface area contributed by atoms with Gasteiger partial charge in [-0.2, -0.15) is 0 Å². The van der Waals surface area contributed by atoms with Crippen LogP contribution in [0.15, 0.2) is 24.3 Å². The van der Waals surface area contributed by atoms with Crippen molar-refractivity contribution in [2.45, 2.75) is 32.9 Å². The van der Waals surface area contributed by atoms with Gasteiger partial charge in [-0.15, -0.1) is 5.10 Å². The summed E-state index contributed by atoms with van der Waals surface area (Å²) in [5.74, 6) is 1.55. The molecule has 7 nitrogen and oxygen atoms in total. The Morgan fingerprint density at radius 2 is 1.92 bits per heavy atom. The minimum absolute atomic E-state index is 0.124. The molecule has 3 rings (SSSR count). The Morgan fingerprint density at radius 1 is 1.16 bits per heavy atom. The van der Waals surface area contributed by atoms with E-state index in [1.165, 1.54) is 5.69 Å². The van der Waals surface area contributed by atoms with Gasteiger partial charge in [-0.05, 0) is 32.5 Å². The van der Waals surface area contributed by atoms with Crippen LogP contribution >= 0.6 is 0 Å². The second-order valence-corrected chi connectivity index (χ2v) is 6.49. The molecule has 0 saturated carbocycles. The summed E-state index contributed by atoms with van der Waals surface area (Å²) in [6.45, 7) is 9.02. The van der Waals surface area contributed by atoms with Gasteiger partial charge in [-0.3, -0.25) is 4.57 Å². The highest BCUT2D eigenvalue weighted by Gasteiger charge is 2.18. The Balaban J connectivity index is 1.77. The first-order chi connectivity index (χ1) is 12.1. The van der Waals surface area contributed by atoms with Crippen LogP contribution in [0.2, 0.25) is 0 Å². The number of rotatable bonds is 6. The molecule has 136 valence electrons. The fourth-order valence-corrected chi connectivity index (χ4v) is 3.04. The average Bonchev–Trinajstić information content (AvgIpc) is 3.04. The minimum Gasteiger partial charge on any atom is -0.424 e. The van der Waals surface area contributed by atoms with Gasteiger partial charge in [0.2, 0.25) is 0 Å². The molecule has 1 aromatic heterocycles. The van der Waals surface area contributed by atoms with Crippen molar-refractivity contribution in [2.75, 3.05) is 38.1 Å². The summed E-state index contributed by atoms with van der Waals surface area (Å²) in [4.78, 5) is 4.73. The van der Waals surface area contributed by atoms with Crippen molar-refractivity contribution in [3.63, 3.8) is 0 Å². The predicted octanol–water partition coefficient (Wildman–Crippen LogP) is 2.25. The number of aromatic nitrogens is 3. The number of likely N-dealkylation sites (N-methyl/N-ethyl adjacent to an activating group) is 1. The van der Waals surface area contributed by atoms with E-state index in [4.69, 9.17) is 10.5 Å². The Hall–Kier alpha value is -2.12. The Kier molecular flexibility index (Phi) is 5.55. The number of nitrogens with zero attached hydrogens (tertiary/aromatic N) is 5. The van der Waals surface area contributed by atoms with Crippen molar-refractivity contribution in [2.24, 2.45) is 5.73 Å². The molecule has 0 radical (unpaired) electrons. The SMILES string of the molecule is CCC(N)c1nnc(Oc2cccc(N3CCN(C)CC3)c2)n1CC. The van der Waals surface area contributed by atoms with E-state index in [2.05, 4.69) is 39.2 Å². The smallest absolute Gasteiger partial charge is 0.322 e. The van der Waals surface area contributed by atoms with Crippen LogP contribution in [0, 0.1) is 0 Å². The van der Waals surface area contributed by atoms with Crippen LogP contribution in [-0.4, -0.2) is 52.9 Å². The van der Waals surface area contributed by atoms with Crippen LogP contribution in [0.4, 0.5) is 5.69 Å². The summed E-state index contributed by atoms with van der Waals surface area (Å²) in [6, 6.07) is 8.54. The number of ether oxygens (including phenoxy) is 1. The van der Waals surface area contributed by atoms with Gasteiger partial charge >= 0.3 is 6.01 Å². The summed E-state index contributed by atoms with van der Waals surface area (Å²) in [7, 11) is 2.16. The molecule has 1 saturated heterocycles. The third-order valence-corrected chi connectivity index (χ3v) is 4.73. The zero-order chi connectivity index (χ0) is 17.8. The van der Waals surface area contributed by atoms with E-state index in [9.17, 15) is 0 Å². The van der Waals surface area contributed by atoms with Crippen LogP contribution < -0.4 is 15.4 Å². The maximum Gasteiger partial charge on any atom is 0.322 e. The highest BCUT2D eigenvalue weighted by atomic mass is 16.5. The van der Waals surface area contributed by atoms with E-state index in [1.54, 1.807) is 0 Å². The standard InChI is InChI=1S/C18H28N6O/c1-4-16(19)17-20-21-18(24(17)5-2)25-15-8-6-7-14(13-15)23-11-9-22(3)10-12-23/h6-8,13,16H,4-5,9-12,19H2,1-3H3. The molecular weight excluding hydrogens is 316 g/mol. The molecule has 1 aromatic carbocycles. The Morgan fingerprint density at radius 3 is 2.60 bits per heavy atom. The molecule has 0 aliphatic carbocycles. The van der Waals surface area contributed by atoms with Gasteiger partial charge in [0.05, 0.1) is 6.04 Å². The number of benzene rings is 1. The van der Waals surface area contributed by atoms with Gasteiger partial charge in [-0.25, -0.2) is 0 Å². The van der Waals surface area contributed by atoms with E-state index in [-0.39, 0.29) is 6.04 Å². The van der Waals surface area contributed by atoms with Gasteiger partial charge in [0.15, 0.2) is 5.82 Å². The zero-order valence-corrected chi connectivity index (χ0v) is 15.4. The second-order valence-electron chi connectivity index (χ2n) is 6.49. The van der Waals surface area contributed by atoms with E-state index in [0.717, 1.165) is 50.7 Å². The first-order valence-electron chi connectivity index (χ1n) is 9.02. The molecular formula is C18H28N6O. The predicted molar refractivity (Wildman–Crippen MR) is 99.1 cm³/mol.